The first-order valence-corrected chi connectivity index (χ1v) is 6.58. The van der Waals surface area contributed by atoms with E-state index in [1.165, 1.54) is 5.56 Å². The Kier molecular flexibility index (Phi) is 3.08. The first-order chi connectivity index (χ1) is 9.31. The van der Waals surface area contributed by atoms with Crippen molar-refractivity contribution in [3.05, 3.63) is 65.7 Å². The minimum absolute atomic E-state index is 0.631. The van der Waals surface area contributed by atoms with E-state index in [-0.39, 0.29) is 0 Å². The van der Waals surface area contributed by atoms with Crippen molar-refractivity contribution < 1.29 is 9.53 Å². The molecule has 2 aromatic rings. The van der Waals surface area contributed by atoms with Gasteiger partial charge in [-0.1, -0.05) is 48.5 Å². The van der Waals surface area contributed by atoms with Crippen LogP contribution < -0.4 is 4.74 Å². The Morgan fingerprint density at radius 3 is 2.58 bits per heavy atom. The number of fused-ring (bicyclic) bond motifs is 1. The minimum atomic E-state index is -0.713. The summed E-state index contributed by atoms with van der Waals surface area (Å²) in [6.45, 7) is 0. The van der Waals surface area contributed by atoms with E-state index in [4.69, 9.17) is 4.74 Å². The second-order valence-electron chi connectivity index (χ2n) is 5.05. The number of aryl methyl sites for hydroxylation is 1. The third kappa shape index (κ3) is 2.39. The highest BCUT2D eigenvalue weighted by molar-refractivity contribution is 5.65. The van der Waals surface area contributed by atoms with Crippen molar-refractivity contribution >= 4 is 6.29 Å². The lowest BCUT2D eigenvalue weighted by Crippen LogP contribution is -2.43. The SMILES string of the molecule is O=C[C@]1(Cc2ccccc2)CCc2ccccc2O1. The molecule has 0 bridgehead atoms. The summed E-state index contributed by atoms with van der Waals surface area (Å²) in [7, 11) is 0. The second kappa shape index (κ2) is 4.88. The van der Waals surface area contributed by atoms with Crippen molar-refractivity contribution in [3.8, 4) is 5.75 Å². The van der Waals surface area contributed by atoms with Crippen LogP contribution in [0, 0.1) is 0 Å². The van der Waals surface area contributed by atoms with Crippen LogP contribution in [0.1, 0.15) is 17.5 Å². The first-order valence-electron chi connectivity index (χ1n) is 6.58. The van der Waals surface area contributed by atoms with Gasteiger partial charge in [0.25, 0.3) is 0 Å². The number of hydrogen-bond acceptors (Lipinski definition) is 2. The van der Waals surface area contributed by atoms with E-state index < -0.39 is 5.60 Å². The molecule has 2 heteroatoms. The van der Waals surface area contributed by atoms with Gasteiger partial charge in [0.2, 0.25) is 0 Å². The lowest BCUT2D eigenvalue weighted by molar-refractivity contribution is -0.122. The van der Waals surface area contributed by atoms with Crippen LogP contribution in [0.25, 0.3) is 0 Å². The standard InChI is InChI=1S/C17H16O2/c18-13-17(12-14-6-2-1-3-7-14)11-10-15-8-4-5-9-16(15)19-17/h1-9,13H,10-12H2/t17-/m1/s1. The molecule has 1 aliphatic rings. The molecule has 0 amide bonds. The maximum Gasteiger partial charge on any atom is 0.168 e. The van der Waals surface area contributed by atoms with Gasteiger partial charge in [0.15, 0.2) is 11.9 Å². The molecule has 1 atom stereocenters. The highest BCUT2D eigenvalue weighted by atomic mass is 16.5. The number of carbonyl (C=O) groups is 1. The summed E-state index contributed by atoms with van der Waals surface area (Å²) in [5.74, 6) is 0.844. The summed E-state index contributed by atoms with van der Waals surface area (Å²) in [4.78, 5) is 11.6. The molecule has 2 nitrogen and oxygen atoms in total. The smallest absolute Gasteiger partial charge is 0.168 e. The fraction of sp³-hybridized carbons (Fsp3) is 0.235. The first kappa shape index (κ1) is 12.0. The van der Waals surface area contributed by atoms with Crippen LogP contribution in [0.2, 0.25) is 0 Å². The van der Waals surface area contributed by atoms with Gasteiger partial charge in [0.05, 0.1) is 0 Å². The summed E-state index contributed by atoms with van der Waals surface area (Å²) in [5, 5.41) is 0. The van der Waals surface area contributed by atoms with Crippen molar-refractivity contribution in [2.45, 2.75) is 24.9 Å². The largest absolute Gasteiger partial charge is 0.479 e. The summed E-state index contributed by atoms with van der Waals surface area (Å²) in [5.41, 5.74) is 1.61. The Labute approximate surface area is 113 Å². The molecule has 0 aliphatic carbocycles. The molecule has 0 unspecified atom stereocenters. The summed E-state index contributed by atoms with van der Waals surface area (Å²) in [6, 6.07) is 18.0. The van der Waals surface area contributed by atoms with Crippen LogP contribution in [0.3, 0.4) is 0 Å². The van der Waals surface area contributed by atoms with E-state index in [9.17, 15) is 4.79 Å². The lowest BCUT2D eigenvalue weighted by Gasteiger charge is -2.34. The Morgan fingerprint density at radius 1 is 1.05 bits per heavy atom. The van der Waals surface area contributed by atoms with Gasteiger partial charge < -0.3 is 4.74 Å². The van der Waals surface area contributed by atoms with E-state index >= 15 is 0 Å². The van der Waals surface area contributed by atoms with Gasteiger partial charge in [-0.2, -0.15) is 0 Å². The molecule has 0 N–H and O–H groups in total. The number of carbonyl (C=O) groups excluding carboxylic acids is 1. The topological polar surface area (TPSA) is 26.3 Å². The maximum absolute atomic E-state index is 11.6. The normalized spacial score (nSPS) is 21.3. The molecule has 3 rings (SSSR count). The van der Waals surface area contributed by atoms with Crippen LogP contribution in [0.4, 0.5) is 0 Å². The highest BCUT2D eigenvalue weighted by Gasteiger charge is 2.36. The van der Waals surface area contributed by atoms with Crippen LogP contribution in [-0.4, -0.2) is 11.9 Å². The fourth-order valence-corrected chi connectivity index (χ4v) is 2.62. The Balaban J connectivity index is 1.88. The second-order valence-corrected chi connectivity index (χ2v) is 5.05. The van der Waals surface area contributed by atoms with Crippen molar-refractivity contribution in [2.75, 3.05) is 0 Å². The summed E-state index contributed by atoms with van der Waals surface area (Å²) >= 11 is 0. The van der Waals surface area contributed by atoms with Crippen LogP contribution in [0.5, 0.6) is 5.75 Å². The molecule has 0 saturated carbocycles. The molecule has 19 heavy (non-hydrogen) atoms. The monoisotopic (exact) mass is 252 g/mol. The molecule has 0 spiro atoms. The molecule has 96 valence electrons. The predicted octanol–water partition coefficient (Wildman–Crippen LogP) is 3.19. The summed E-state index contributed by atoms with van der Waals surface area (Å²) < 4.78 is 6.00. The van der Waals surface area contributed by atoms with E-state index in [0.717, 1.165) is 30.4 Å². The molecule has 2 aromatic carbocycles. The van der Waals surface area contributed by atoms with Crippen LogP contribution in [-0.2, 0) is 17.6 Å². The fourth-order valence-electron chi connectivity index (χ4n) is 2.62. The zero-order valence-electron chi connectivity index (χ0n) is 10.7. The highest BCUT2D eigenvalue weighted by Crippen LogP contribution is 2.34. The molecule has 0 saturated heterocycles. The Bertz CT molecular complexity index is 577. The van der Waals surface area contributed by atoms with Crippen molar-refractivity contribution in [2.24, 2.45) is 0 Å². The van der Waals surface area contributed by atoms with E-state index in [1.54, 1.807) is 0 Å². The average molecular weight is 252 g/mol. The molecular formula is C17H16O2. The predicted molar refractivity (Wildman–Crippen MR) is 74.3 cm³/mol. The summed E-state index contributed by atoms with van der Waals surface area (Å²) in [6.07, 6.45) is 3.23. The van der Waals surface area contributed by atoms with Crippen LogP contribution in [0.15, 0.2) is 54.6 Å². The molecular weight excluding hydrogens is 236 g/mol. The van der Waals surface area contributed by atoms with Gasteiger partial charge in [0, 0.05) is 6.42 Å². The van der Waals surface area contributed by atoms with Gasteiger partial charge in [-0.25, -0.2) is 0 Å². The lowest BCUT2D eigenvalue weighted by atomic mass is 9.87. The van der Waals surface area contributed by atoms with Gasteiger partial charge >= 0.3 is 0 Å². The zero-order chi connectivity index (χ0) is 13.1. The van der Waals surface area contributed by atoms with Crippen molar-refractivity contribution in [3.63, 3.8) is 0 Å². The molecule has 0 aromatic heterocycles. The van der Waals surface area contributed by atoms with Crippen molar-refractivity contribution in [1.82, 2.24) is 0 Å². The molecule has 0 fully saturated rings. The number of aldehydes is 1. The number of ether oxygens (including phenoxy) is 1. The molecule has 1 aliphatic heterocycles. The number of hydrogen-bond donors (Lipinski definition) is 0. The number of para-hydroxylation sites is 1. The Hall–Kier alpha value is -2.09. The van der Waals surface area contributed by atoms with E-state index in [1.807, 2.05) is 48.5 Å². The van der Waals surface area contributed by atoms with Gasteiger partial charge in [-0.05, 0) is 30.0 Å². The average Bonchev–Trinajstić information content (AvgIpc) is 2.48. The number of benzene rings is 2. The third-order valence-corrected chi connectivity index (χ3v) is 3.66. The third-order valence-electron chi connectivity index (χ3n) is 3.66. The van der Waals surface area contributed by atoms with Gasteiger partial charge in [0.1, 0.15) is 5.75 Å². The Morgan fingerprint density at radius 2 is 1.79 bits per heavy atom. The minimum Gasteiger partial charge on any atom is -0.479 e. The quantitative estimate of drug-likeness (QED) is 0.784. The van der Waals surface area contributed by atoms with Gasteiger partial charge in [-0.3, -0.25) is 4.79 Å². The van der Waals surface area contributed by atoms with E-state index in [0.29, 0.717) is 6.42 Å². The van der Waals surface area contributed by atoms with E-state index in [2.05, 4.69) is 6.07 Å². The van der Waals surface area contributed by atoms with Gasteiger partial charge in [-0.15, -0.1) is 0 Å². The number of rotatable bonds is 3. The van der Waals surface area contributed by atoms with Crippen LogP contribution >= 0.6 is 0 Å². The molecule has 1 heterocycles. The zero-order valence-corrected chi connectivity index (χ0v) is 10.7. The van der Waals surface area contributed by atoms with Crippen molar-refractivity contribution in [1.29, 1.82) is 0 Å². The molecule has 0 radical (unpaired) electrons. The maximum atomic E-state index is 11.6.